The van der Waals surface area contributed by atoms with Crippen LogP contribution in [0.2, 0.25) is 0 Å². The summed E-state index contributed by atoms with van der Waals surface area (Å²) in [6, 6.07) is 14.8. The third-order valence-corrected chi connectivity index (χ3v) is 6.82. The zero-order valence-corrected chi connectivity index (χ0v) is 28.0. The monoisotopic (exact) mass is 653 g/mol. The normalized spacial score (nSPS) is 12.9. The van der Waals surface area contributed by atoms with Crippen LogP contribution in [0.5, 0.6) is 0 Å². The molecule has 0 spiro atoms. The maximum Gasteiger partial charge on any atom is 0.407 e. The van der Waals surface area contributed by atoms with Gasteiger partial charge in [0.25, 0.3) is 0 Å². The van der Waals surface area contributed by atoms with Gasteiger partial charge >= 0.3 is 18.3 Å². The average molecular weight is 654 g/mol. The van der Waals surface area contributed by atoms with Gasteiger partial charge in [0.15, 0.2) is 0 Å². The number of alkyl carbamates (subject to hydrolysis) is 3. The summed E-state index contributed by atoms with van der Waals surface area (Å²) >= 11 is 0. The zero-order valence-electron chi connectivity index (χ0n) is 28.0. The Bertz CT molecular complexity index is 1370. The topological polar surface area (TPSA) is 173 Å². The molecule has 2 aromatic carbocycles. The number of hydrogen-bond acceptors (Lipinski definition) is 8. The van der Waals surface area contributed by atoms with E-state index in [4.69, 9.17) is 14.2 Å². The molecule has 2 aromatic rings. The number of rotatable bonds is 13. The second kappa shape index (κ2) is 16.7. The van der Waals surface area contributed by atoms with Crippen molar-refractivity contribution in [1.82, 2.24) is 26.6 Å². The lowest BCUT2D eigenvalue weighted by molar-refractivity contribution is -0.124. The van der Waals surface area contributed by atoms with Crippen LogP contribution in [0, 0.1) is 0 Å². The first-order valence-electron chi connectivity index (χ1n) is 15.7. The molecular weight excluding hydrogens is 606 g/mol. The number of amides is 5. The van der Waals surface area contributed by atoms with Crippen LogP contribution in [-0.4, -0.2) is 80.1 Å². The number of carbonyl (C=O) groups is 5. The molecule has 0 saturated carbocycles. The van der Waals surface area contributed by atoms with Gasteiger partial charge in [0.05, 0.1) is 0 Å². The summed E-state index contributed by atoms with van der Waals surface area (Å²) in [5.74, 6) is -1.10. The van der Waals surface area contributed by atoms with Crippen molar-refractivity contribution in [3.8, 4) is 11.1 Å². The van der Waals surface area contributed by atoms with Crippen LogP contribution in [-0.2, 0) is 23.8 Å². The molecule has 0 fully saturated rings. The van der Waals surface area contributed by atoms with Crippen molar-refractivity contribution in [2.24, 2.45) is 0 Å². The van der Waals surface area contributed by atoms with Gasteiger partial charge in [-0.1, -0.05) is 48.5 Å². The third kappa shape index (κ3) is 12.5. The minimum atomic E-state index is -1.10. The SMILES string of the molecule is CC(C)(C)OC(=O)NCCNC(=O)CC[C@H](NC(=O)OCC1c2ccccc2-c2ccccc21)C(=O)NCCNC(=O)OC(C)(C)C. The Labute approximate surface area is 275 Å². The fraction of sp³-hybridized carbons (Fsp3) is 0.500. The highest BCUT2D eigenvalue weighted by atomic mass is 16.6. The Hall–Kier alpha value is -4.81. The standard InChI is InChI=1S/C34H47N5O8/c1-33(2,3)46-30(42)37-19-17-35-28(40)16-15-27(29(41)36-18-20-38-31(43)47-34(4,5)6)39-32(44)45-21-26-24-13-9-7-11-22(24)23-12-8-10-14-25(23)26/h7-14,26-27H,15-21H2,1-6H3,(H,35,40)(H,36,41)(H,37,42)(H,38,43)(H,39,44)/t27-/m0/s1. The lowest BCUT2D eigenvalue weighted by atomic mass is 9.98. The number of hydrogen-bond donors (Lipinski definition) is 5. The molecule has 0 aliphatic heterocycles. The van der Waals surface area contributed by atoms with Crippen LogP contribution in [0.1, 0.15) is 71.4 Å². The maximum absolute atomic E-state index is 13.1. The van der Waals surface area contributed by atoms with Gasteiger partial charge in [0.1, 0.15) is 23.9 Å². The van der Waals surface area contributed by atoms with Gasteiger partial charge in [0.2, 0.25) is 11.8 Å². The van der Waals surface area contributed by atoms with Crippen LogP contribution < -0.4 is 26.6 Å². The number of ether oxygens (including phenoxy) is 3. The van der Waals surface area contributed by atoms with E-state index in [1.54, 1.807) is 41.5 Å². The first-order valence-corrected chi connectivity index (χ1v) is 15.7. The third-order valence-electron chi connectivity index (χ3n) is 6.82. The molecule has 0 aromatic heterocycles. The van der Waals surface area contributed by atoms with E-state index in [9.17, 15) is 24.0 Å². The van der Waals surface area contributed by atoms with Gasteiger partial charge in [-0.2, -0.15) is 0 Å². The van der Waals surface area contributed by atoms with Crippen LogP contribution in [0.4, 0.5) is 14.4 Å². The first kappa shape index (κ1) is 36.7. The van der Waals surface area contributed by atoms with E-state index >= 15 is 0 Å². The van der Waals surface area contributed by atoms with Gasteiger partial charge in [-0.25, -0.2) is 14.4 Å². The molecule has 5 N–H and O–H groups in total. The molecule has 13 nitrogen and oxygen atoms in total. The fourth-order valence-corrected chi connectivity index (χ4v) is 4.88. The van der Waals surface area contributed by atoms with Gasteiger partial charge in [-0.3, -0.25) is 9.59 Å². The summed E-state index contributed by atoms with van der Waals surface area (Å²) in [6.45, 7) is 10.9. The van der Waals surface area contributed by atoms with Crippen molar-refractivity contribution in [3.63, 3.8) is 0 Å². The quantitative estimate of drug-likeness (QED) is 0.160. The molecule has 0 heterocycles. The number of benzene rings is 2. The minimum Gasteiger partial charge on any atom is -0.449 e. The van der Waals surface area contributed by atoms with E-state index in [1.807, 2.05) is 48.5 Å². The highest BCUT2D eigenvalue weighted by Gasteiger charge is 2.30. The molecule has 0 radical (unpaired) electrons. The molecular formula is C34H47N5O8. The highest BCUT2D eigenvalue weighted by Crippen LogP contribution is 2.44. The molecule has 256 valence electrons. The largest absolute Gasteiger partial charge is 0.449 e. The Morgan fingerprint density at radius 2 is 1.13 bits per heavy atom. The van der Waals surface area contributed by atoms with Crippen molar-refractivity contribution < 1.29 is 38.2 Å². The Kier molecular flexibility index (Phi) is 13.0. The van der Waals surface area contributed by atoms with Gasteiger partial charge in [0, 0.05) is 38.5 Å². The summed E-state index contributed by atoms with van der Waals surface area (Å²) in [6.07, 6.45) is -2.15. The Balaban J connectivity index is 1.54. The van der Waals surface area contributed by atoms with Crippen molar-refractivity contribution in [1.29, 1.82) is 0 Å². The number of carbonyl (C=O) groups excluding carboxylic acids is 5. The van der Waals surface area contributed by atoms with E-state index in [0.717, 1.165) is 22.3 Å². The van der Waals surface area contributed by atoms with E-state index in [-0.39, 0.29) is 57.5 Å². The Morgan fingerprint density at radius 1 is 0.660 bits per heavy atom. The predicted octanol–water partition coefficient (Wildman–Crippen LogP) is 3.96. The van der Waals surface area contributed by atoms with Crippen molar-refractivity contribution >= 4 is 30.1 Å². The zero-order chi connectivity index (χ0) is 34.6. The molecule has 13 heteroatoms. The van der Waals surface area contributed by atoms with Crippen molar-refractivity contribution in [2.75, 3.05) is 32.8 Å². The molecule has 0 bridgehead atoms. The Morgan fingerprint density at radius 3 is 1.64 bits per heavy atom. The minimum absolute atomic E-state index is 0.0269. The number of nitrogens with one attached hydrogen (secondary N) is 5. The molecule has 5 amide bonds. The van der Waals surface area contributed by atoms with Crippen molar-refractivity contribution in [3.05, 3.63) is 59.7 Å². The fourth-order valence-electron chi connectivity index (χ4n) is 4.88. The summed E-state index contributed by atoms with van der Waals surface area (Å²) in [5, 5.41) is 13.0. The number of fused-ring (bicyclic) bond motifs is 3. The van der Waals surface area contributed by atoms with E-state index in [2.05, 4.69) is 26.6 Å². The summed E-state index contributed by atoms with van der Waals surface area (Å²) in [4.78, 5) is 62.3. The highest BCUT2D eigenvalue weighted by molar-refractivity contribution is 5.87. The molecule has 3 rings (SSSR count). The van der Waals surface area contributed by atoms with Crippen molar-refractivity contribution in [2.45, 2.75) is 77.5 Å². The molecule has 1 aliphatic carbocycles. The lowest BCUT2D eigenvalue weighted by Crippen LogP contribution is -2.49. The van der Waals surface area contributed by atoms with Gasteiger partial charge in [-0.15, -0.1) is 0 Å². The molecule has 0 unspecified atom stereocenters. The summed E-state index contributed by atoms with van der Waals surface area (Å²) < 4.78 is 16.0. The molecule has 1 aliphatic rings. The van der Waals surface area contributed by atoms with E-state index in [1.165, 1.54) is 0 Å². The maximum atomic E-state index is 13.1. The van der Waals surface area contributed by atoms with E-state index < -0.39 is 41.4 Å². The molecule has 1 atom stereocenters. The van der Waals surface area contributed by atoms with Crippen LogP contribution in [0.15, 0.2) is 48.5 Å². The predicted molar refractivity (Wildman–Crippen MR) is 176 cm³/mol. The molecule has 0 saturated heterocycles. The van der Waals surface area contributed by atoms with Gasteiger partial charge < -0.3 is 40.8 Å². The average Bonchev–Trinajstić information content (AvgIpc) is 3.30. The second-order valence-corrected chi connectivity index (χ2v) is 13.1. The molecule has 47 heavy (non-hydrogen) atoms. The van der Waals surface area contributed by atoms with Crippen LogP contribution in [0.25, 0.3) is 11.1 Å². The van der Waals surface area contributed by atoms with Gasteiger partial charge in [-0.05, 0) is 70.2 Å². The van der Waals surface area contributed by atoms with Crippen LogP contribution >= 0.6 is 0 Å². The van der Waals surface area contributed by atoms with Crippen LogP contribution in [0.3, 0.4) is 0 Å². The summed E-state index contributed by atoms with van der Waals surface area (Å²) in [5.41, 5.74) is 2.95. The first-order chi connectivity index (χ1) is 22.1. The second-order valence-electron chi connectivity index (χ2n) is 13.1. The smallest absolute Gasteiger partial charge is 0.407 e. The van der Waals surface area contributed by atoms with E-state index in [0.29, 0.717) is 0 Å². The summed E-state index contributed by atoms with van der Waals surface area (Å²) in [7, 11) is 0. The lowest BCUT2D eigenvalue weighted by Gasteiger charge is -2.21.